The number of nitrogens with one attached hydrogen (secondary N) is 1. The highest BCUT2D eigenvalue weighted by atomic mass is 32.2. The van der Waals surface area contributed by atoms with E-state index in [0.29, 0.717) is 29.9 Å². The molecule has 8 heteroatoms. The van der Waals surface area contributed by atoms with Crippen LogP contribution in [0, 0.1) is 5.92 Å². The number of unbranched alkanes of at least 4 members (excludes halogenated alkanes) is 2. The van der Waals surface area contributed by atoms with Crippen LogP contribution in [-0.4, -0.2) is 43.2 Å². The number of nitrogens with zero attached hydrogens (tertiary/aromatic N) is 3. The summed E-state index contributed by atoms with van der Waals surface area (Å²) in [5, 5.41) is 3.25. The van der Waals surface area contributed by atoms with E-state index in [1.807, 2.05) is 35.2 Å². The fraction of sp³-hybridized carbons (Fsp3) is 0.522. The van der Waals surface area contributed by atoms with Gasteiger partial charge in [-0.1, -0.05) is 56.7 Å². The van der Waals surface area contributed by atoms with Gasteiger partial charge in [0.25, 0.3) is 5.91 Å². The van der Waals surface area contributed by atoms with Gasteiger partial charge in [0.15, 0.2) is 5.04 Å². The molecule has 0 aromatic heterocycles. The van der Waals surface area contributed by atoms with Crippen LogP contribution in [0.1, 0.15) is 46.0 Å². The molecule has 1 aromatic carbocycles. The number of hydrogen-bond donors (Lipinski definition) is 3. The van der Waals surface area contributed by atoms with Crippen LogP contribution in [0.25, 0.3) is 0 Å². The molecule has 0 heterocycles. The van der Waals surface area contributed by atoms with Crippen molar-refractivity contribution in [3.8, 4) is 0 Å². The average Bonchev–Trinajstić information content (AvgIpc) is 2.76. The number of hydrogen-bond acceptors (Lipinski definition) is 7. The van der Waals surface area contributed by atoms with E-state index in [-0.39, 0.29) is 5.91 Å². The largest absolute Gasteiger partial charge is 0.384 e. The number of carbonyl (C=O) groups is 1. The van der Waals surface area contributed by atoms with E-state index in [1.54, 1.807) is 18.8 Å². The second-order valence-electron chi connectivity index (χ2n) is 7.60. The Morgan fingerprint density at radius 1 is 1.19 bits per heavy atom. The van der Waals surface area contributed by atoms with E-state index in [9.17, 15) is 4.79 Å². The van der Waals surface area contributed by atoms with Crippen molar-refractivity contribution in [2.45, 2.75) is 46.0 Å². The highest BCUT2D eigenvalue weighted by Gasteiger charge is 2.12. The first-order valence-electron chi connectivity index (χ1n) is 10.9. The maximum Gasteiger partial charge on any atom is 0.276 e. The third-order valence-corrected chi connectivity index (χ3v) is 5.32. The fourth-order valence-electron chi connectivity index (χ4n) is 2.82. The lowest BCUT2D eigenvalue weighted by Crippen LogP contribution is -2.31. The molecule has 1 amide bonds. The molecular weight excluding hydrogens is 408 g/mol. The van der Waals surface area contributed by atoms with Crippen molar-refractivity contribution in [1.82, 2.24) is 5.32 Å². The SMILES string of the molecule is CN=CSC(=N/C=C(/N)N(CCCCN)c1ccccc1)C(=O)NCCCCC(C)C. The van der Waals surface area contributed by atoms with Crippen molar-refractivity contribution in [1.29, 1.82) is 0 Å². The Kier molecular flexibility index (Phi) is 14.1. The standard InChI is InChI=1S/C23H38N6OS/c1-19(2)11-7-9-15-27-22(30)23(31-18-26-3)28-17-21(25)29(16-10-8-14-24)20-12-5-4-6-13-20/h4-6,12-13,17-19H,7-11,14-16,24-25H2,1-3H3,(H,27,30)/b21-17-,26-18?,28-23?. The molecule has 0 fully saturated rings. The quantitative estimate of drug-likeness (QED) is 0.243. The molecule has 0 aliphatic rings. The van der Waals surface area contributed by atoms with Crippen LogP contribution in [0.15, 0.2) is 52.3 Å². The van der Waals surface area contributed by atoms with Gasteiger partial charge in [0.1, 0.15) is 5.82 Å². The zero-order valence-electron chi connectivity index (χ0n) is 19.1. The van der Waals surface area contributed by atoms with E-state index < -0.39 is 0 Å². The highest BCUT2D eigenvalue weighted by molar-refractivity contribution is 8.26. The second-order valence-corrected chi connectivity index (χ2v) is 8.43. The van der Waals surface area contributed by atoms with Gasteiger partial charge in [0, 0.05) is 25.8 Å². The fourth-order valence-corrected chi connectivity index (χ4v) is 3.32. The van der Waals surface area contributed by atoms with Gasteiger partial charge < -0.3 is 21.7 Å². The summed E-state index contributed by atoms with van der Waals surface area (Å²) in [6.07, 6.45) is 6.56. The number of rotatable bonds is 13. The maximum atomic E-state index is 12.6. The van der Waals surface area contributed by atoms with Gasteiger partial charge >= 0.3 is 0 Å². The Labute approximate surface area is 191 Å². The smallest absolute Gasteiger partial charge is 0.276 e. The summed E-state index contributed by atoms with van der Waals surface area (Å²) in [4.78, 5) is 22.9. The Morgan fingerprint density at radius 2 is 1.94 bits per heavy atom. The van der Waals surface area contributed by atoms with Gasteiger partial charge in [0.05, 0.1) is 11.7 Å². The molecule has 0 aliphatic carbocycles. The Balaban J connectivity index is 2.88. The topological polar surface area (TPSA) is 109 Å². The van der Waals surface area contributed by atoms with Crippen molar-refractivity contribution in [3.05, 3.63) is 42.4 Å². The maximum absolute atomic E-state index is 12.6. The molecule has 0 spiro atoms. The lowest BCUT2D eigenvalue weighted by Gasteiger charge is -2.24. The molecule has 5 N–H and O–H groups in total. The van der Waals surface area contributed by atoms with Crippen LogP contribution in [0.4, 0.5) is 5.69 Å². The number of amides is 1. The molecule has 0 aliphatic heterocycles. The van der Waals surface area contributed by atoms with Gasteiger partial charge in [-0.2, -0.15) is 0 Å². The third-order valence-electron chi connectivity index (χ3n) is 4.49. The number of thioether (sulfide) groups is 1. The second kappa shape index (κ2) is 16.4. The minimum Gasteiger partial charge on any atom is -0.384 e. The van der Waals surface area contributed by atoms with Crippen LogP contribution in [-0.2, 0) is 4.79 Å². The van der Waals surface area contributed by atoms with Crippen LogP contribution in [0.2, 0.25) is 0 Å². The Hall–Kier alpha value is -2.32. The Morgan fingerprint density at radius 3 is 2.58 bits per heavy atom. The lowest BCUT2D eigenvalue weighted by molar-refractivity contribution is -0.114. The van der Waals surface area contributed by atoms with Gasteiger partial charge in [0.2, 0.25) is 0 Å². The predicted molar refractivity (Wildman–Crippen MR) is 135 cm³/mol. The first-order chi connectivity index (χ1) is 15.0. The molecule has 0 bridgehead atoms. The molecule has 0 saturated heterocycles. The number of anilines is 1. The molecule has 7 nitrogen and oxygen atoms in total. The Bertz CT molecular complexity index is 718. The molecule has 172 valence electrons. The molecule has 31 heavy (non-hydrogen) atoms. The first-order valence-corrected chi connectivity index (χ1v) is 11.8. The average molecular weight is 447 g/mol. The van der Waals surface area contributed by atoms with Crippen LogP contribution >= 0.6 is 11.8 Å². The molecule has 1 rings (SSSR count). The van der Waals surface area contributed by atoms with Gasteiger partial charge in [-0.25, -0.2) is 4.99 Å². The molecule has 0 saturated carbocycles. The molecule has 0 unspecified atom stereocenters. The van der Waals surface area contributed by atoms with Crippen LogP contribution in [0.5, 0.6) is 0 Å². The summed E-state index contributed by atoms with van der Waals surface area (Å²) in [5.74, 6) is 0.932. The third kappa shape index (κ3) is 11.6. The van der Waals surface area contributed by atoms with Crippen molar-refractivity contribution in [2.24, 2.45) is 27.4 Å². The number of aliphatic imine (C=N–C) groups is 2. The van der Waals surface area contributed by atoms with E-state index in [4.69, 9.17) is 11.5 Å². The van der Waals surface area contributed by atoms with Crippen LogP contribution in [0.3, 0.4) is 0 Å². The van der Waals surface area contributed by atoms with Gasteiger partial charge in [-0.15, -0.1) is 0 Å². The molecule has 1 aromatic rings. The van der Waals surface area contributed by atoms with Gasteiger partial charge in [-0.05, 0) is 43.9 Å². The highest BCUT2D eigenvalue weighted by Crippen LogP contribution is 2.17. The summed E-state index contributed by atoms with van der Waals surface area (Å²) in [7, 11) is 1.66. The van der Waals surface area contributed by atoms with E-state index >= 15 is 0 Å². The first kappa shape index (κ1) is 26.7. The summed E-state index contributed by atoms with van der Waals surface area (Å²) in [6, 6.07) is 9.89. The lowest BCUT2D eigenvalue weighted by atomic mass is 10.1. The summed E-state index contributed by atoms with van der Waals surface area (Å²) in [5.41, 5.74) is 14.6. The van der Waals surface area contributed by atoms with Crippen molar-refractivity contribution in [2.75, 3.05) is 31.6 Å². The summed E-state index contributed by atoms with van der Waals surface area (Å²) < 4.78 is 0. The van der Waals surface area contributed by atoms with E-state index in [1.165, 1.54) is 11.8 Å². The monoisotopic (exact) mass is 446 g/mol. The van der Waals surface area contributed by atoms with Crippen molar-refractivity contribution >= 4 is 33.9 Å². The number of nitrogens with two attached hydrogens (primary N) is 2. The zero-order chi connectivity index (χ0) is 22.9. The zero-order valence-corrected chi connectivity index (χ0v) is 19.9. The summed E-state index contributed by atoms with van der Waals surface area (Å²) >= 11 is 1.18. The van der Waals surface area contributed by atoms with Crippen molar-refractivity contribution in [3.63, 3.8) is 0 Å². The van der Waals surface area contributed by atoms with E-state index in [2.05, 4.69) is 29.1 Å². The summed E-state index contributed by atoms with van der Waals surface area (Å²) in [6.45, 7) is 6.40. The molecule has 0 radical (unpaired) electrons. The van der Waals surface area contributed by atoms with Crippen LogP contribution < -0.4 is 21.7 Å². The van der Waals surface area contributed by atoms with E-state index in [0.717, 1.165) is 44.3 Å². The minimum absolute atomic E-state index is 0.215. The molecular formula is C23H38N6OS. The number of carbonyl (C=O) groups excluding carboxylic acids is 1. The molecule has 0 atom stereocenters. The predicted octanol–water partition coefficient (Wildman–Crippen LogP) is 3.72. The van der Waals surface area contributed by atoms with Gasteiger partial charge in [-0.3, -0.25) is 9.79 Å². The minimum atomic E-state index is -0.215. The number of para-hydroxylation sites is 1. The van der Waals surface area contributed by atoms with Crippen molar-refractivity contribution < 1.29 is 4.79 Å². The number of benzene rings is 1. The normalized spacial score (nSPS) is 12.5.